The second kappa shape index (κ2) is 5.50. The van der Waals surface area contributed by atoms with Crippen LogP contribution >= 0.6 is 11.3 Å². The van der Waals surface area contributed by atoms with Crippen molar-refractivity contribution >= 4 is 28.6 Å². The van der Waals surface area contributed by atoms with Crippen LogP contribution in [-0.2, 0) is 11.3 Å². The maximum Gasteiger partial charge on any atom is 0.307 e. The van der Waals surface area contributed by atoms with E-state index < -0.39 is 0 Å². The highest BCUT2D eigenvalue weighted by Gasteiger charge is 2.04. The number of hydrogen-bond donors (Lipinski definition) is 2. The largest absolute Gasteiger partial charge is 0.399 e. The molecule has 5 nitrogen and oxygen atoms in total. The van der Waals surface area contributed by atoms with Crippen molar-refractivity contribution in [1.82, 2.24) is 4.57 Å². The second-order valence-electron chi connectivity index (χ2n) is 3.79. The van der Waals surface area contributed by atoms with Gasteiger partial charge in [-0.3, -0.25) is 9.59 Å². The lowest BCUT2D eigenvalue weighted by Crippen LogP contribution is -2.18. The number of nitrogens with two attached hydrogens (primary N) is 1. The molecule has 0 saturated carbocycles. The van der Waals surface area contributed by atoms with Gasteiger partial charge in [0.2, 0.25) is 5.91 Å². The van der Waals surface area contributed by atoms with Crippen molar-refractivity contribution in [2.24, 2.45) is 0 Å². The second-order valence-corrected chi connectivity index (χ2v) is 4.64. The molecule has 0 bridgehead atoms. The minimum Gasteiger partial charge on any atom is -0.399 e. The molecule has 1 heterocycles. The molecule has 0 unspecified atom stereocenters. The molecule has 0 aliphatic rings. The number of rotatable bonds is 4. The highest BCUT2D eigenvalue weighted by Crippen LogP contribution is 2.11. The van der Waals surface area contributed by atoms with Crippen LogP contribution in [0.1, 0.15) is 6.42 Å². The number of carbonyl (C=O) groups is 1. The van der Waals surface area contributed by atoms with Crippen molar-refractivity contribution in [3.8, 4) is 0 Å². The molecule has 3 N–H and O–H groups in total. The zero-order valence-corrected chi connectivity index (χ0v) is 10.4. The summed E-state index contributed by atoms with van der Waals surface area (Å²) in [5, 5.41) is 4.44. The van der Waals surface area contributed by atoms with Crippen molar-refractivity contribution in [3.05, 3.63) is 45.5 Å². The van der Waals surface area contributed by atoms with Gasteiger partial charge in [0.1, 0.15) is 0 Å². The van der Waals surface area contributed by atoms with E-state index in [-0.39, 0.29) is 17.2 Å². The van der Waals surface area contributed by atoms with E-state index in [1.165, 1.54) is 4.57 Å². The molecule has 1 aromatic heterocycles. The monoisotopic (exact) mass is 263 g/mol. The molecule has 0 atom stereocenters. The van der Waals surface area contributed by atoms with Crippen LogP contribution < -0.4 is 15.9 Å². The number of nitrogen functional groups attached to an aromatic ring is 1. The Balaban J connectivity index is 1.90. The number of amides is 1. The SMILES string of the molecule is Nc1cccc(NC(=O)CCn2ccsc2=O)c1. The molecular formula is C12H13N3O2S. The Bertz CT molecular complexity index is 603. The molecule has 0 spiro atoms. The van der Waals surface area contributed by atoms with Crippen LogP contribution in [0.15, 0.2) is 40.6 Å². The lowest BCUT2D eigenvalue weighted by atomic mass is 10.2. The molecule has 94 valence electrons. The Morgan fingerprint density at radius 3 is 2.94 bits per heavy atom. The van der Waals surface area contributed by atoms with Gasteiger partial charge in [0.15, 0.2) is 0 Å². The maximum absolute atomic E-state index is 11.7. The van der Waals surface area contributed by atoms with Crippen LogP contribution in [0, 0.1) is 0 Å². The summed E-state index contributed by atoms with van der Waals surface area (Å²) in [5.41, 5.74) is 6.87. The number of nitrogens with one attached hydrogen (secondary N) is 1. The maximum atomic E-state index is 11.7. The molecule has 1 amide bonds. The average molecular weight is 263 g/mol. The van der Waals surface area contributed by atoms with E-state index in [9.17, 15) is 9.59 Å². The summed E-state index contributed by atoms with van der Waals surface area (Å²) >= 11 is 1.12. The van der Waals surface area contributed by atoms with Gasteiger partial charge in [-0.15, -0.1) is 0 Å². The summed E-state index contributed by atoms with van der Waals surface area (Å²) in [6, 6.07) is 6.98. The Morgan fingerprint density at radius 2 is 2.28 bits per heavy atom. The van der Waals surface area contributed by atoms with E-state index in [4.69, 9.17) is 5.73 Å². The van der Waals surface area contributed by atoms with Gasteiger partial charge in [-0.25, -0.2) is 0 Å². The molecule has 6 heteroatoms. The van der Waals surface area contributed by atoms with Gasteiger partial charge in [0, 0.05) is 35.9 Å². The van der Waals surface area contributed by atoms with Crippen molar-refractivity contribution in [2.45, 2.75) is 13.0 Å². The van der Waals surface area contributed by atoms with Gasteiger partial charge in [0.25, 0.3) is 0 Å². The van der Waals surface area contributed by atoms with E-state index in [1.807, 2.05) is 0 Å². The first-order valence-corrected chi connectivity index (χ1v) is 6.32. The van der Waals surface area contributed by atoms with Gasteiger partial charge < -0.3 is 15.6 Å². The number of thiazole rings is 1. The van der Waals surface area contributed by atoms with Gasteiger partial charge >= 0.3 is 4.87 Å². The highest BCUT2D eigenvalue weighted by atomic mass is 32.1. The van der Waals surface area contributed by atoms with Gasteiger partial charge in [-0.1, -0.05) is 17.4 Å². The molecular weight excluding hydrogens is 250 g/mol. The summed E-state index contributed by atoms with van der Waals surface area (Å²) < 4.78 is 1.52. The number of benzene rings is 1. The van der Waals surface area contributed by atoms with Crippen LogP contribution in [-0.4, -0.2) is 10.5 Å². The van der Waals surface area contributed by atoms with Crippen LogP contribution in [0.2, 0.25) is 0 Å². The molecule has 1 aromatic carbocycles. The Hall–Kier alpha value is -2.08. The number of hydrogen-bond acceptors (Lipinski definition) is 4. The molecule has 2 rings (SSSR count). The van der Waals surface area contributed by atoms with E-state index >= 15 is 0 Å². The molecule has 0 fully saturated rings. The summed E-state index contributed by atoms with van der Waals surface area (Å²) in [6.07, 6.45) is 1.94. The minimum atomic E-state index is -0.140. The fourth-order valence-corrected chi connectivity index (χ4v) is 2.13. The summed E-state index contributed by atoms with van der Waals surface area (Å²) in [7, 11) is 0. The lowest BCUT2D eigenvalue weighted by molar-refractivity contribution is -0.116. The molecule has 0 aliphatic heterocycles. The standard InChI is InChI=1S/C12H13N3O2S/c13-9-2-1-3-10(8-9)14-11(16)4-5-15-6-7-18-12(15)17/h1-3,6-8H,4-5,13H2,(H,14,16). The number of aromatic nitrogens is 1. The molecule has 2 aromatic rings. The van der Waals surface area contributed by atoms with E-state index in [1.54, 1.807) is 35.8 Å². The summed E-state index contributed by atoms with van der Waals surface area (Å²) in [5.74, 6) is -0.140. The third-order valence-electron chi connectivity index (χ3n) is 2.39. The topological polar surface area (TPSA) is 77.1 Å². The fourth-order valence-electron chi connectivity index (χ4n) is 1.52. The van der Waals surface area contributed by atoms with Gasteiger partial charge in [-0.2, -0.15) is 0 Å². The Labute approximate surface area is 108 Å². The predicted octanol–water partition coefficient (Wildman–Crippen LogP) is 1.52. The van der Waals surface area contributed by atoms with Crippen LogP contribution in [0.4, 0.5) is 11.4 Å². The lowest BCUT2D eigenvalue weighted by Gasteiger charge is -2.06. The molecule has 18 heavy (non-hydrogen) atoms. The first kappa shape index (κ1) is 12.4. The zero-order valence-electron chi connectivity index (χ0n) is 9.63. The van der Waals surface area contributed by atoms with E-state index in [2.05, 4.69) is 5.32 Å². The highest BCUT2D eigenvalue weighted by molar-refractivity contribution is 7.07. The van der Waals surface area contributed by atoms with Crippen molar-refractivity contribution in [3.63, 3.8) is 0 Å². The Kier molecular flexibility index (Phi) is 3.78. The van der Waals surface area contributed by atoms with Crippen molar-refractivity contribution in [2.75, 3.05) is 11.1 Å². The number of aryl methyl sites for hydroxylation is 1. The molecule has 0 aliphatic carbocycles. The van der Waals surface area contributed by atoms with Crippen molar-refractivity contribution < 1.29 is 4.79 Å². The van der Waals surface area contributed by atoms with Gasteiger partial charge in [0.05, 0.1) is 0 Å². The third kappa shape index (κ3) is 3.21. The first-order valence-electron chi connectivity index (χ1n) is 5.44. The number of nitrogens with zero attached hydrogens (tertiary/aromatic N) is 1. The van der Waals surface area contributed by atoms with Crippen molar-refractivity contribution in [1.29, 1.82) is 0 Å². The number of carbonyl (C=O) groups excluding carboxylic acids is 1. The minimum absolute atomic E-state index is 0.0493. The van der Waals surface area contributed by atoms with Gasteiger partial charge in [-0.05, 0) is 18.2 Å². The normalized spacial score (nSPS) is 10.2. The van der Waals surface area contributed by atoms with E-state index in [0.29, 0.717) is 17.9 Å². The summed E-state index contributed by atoms with van der Waals surface area (Å²) in [6.45, 7) is 0.385. The first-order chi connectivity index (χ1) is 8.65. The molecule has 0 saturated heterocycles. The quantitative estimate of drug-likeness (QED) is 0.821. The van der Waals surface area contributed by atoms with E-state index in [0.717, 1.165) is 11.3 Å². The van der Waals surface area contributed by atoms with Crippen LogP contribution in [0.5, 0.6) is 0 Å². The smallest absolute Gasteiger partial charge is 0.307 e. The van der Waals surface area contributed by atoms with Crippen LogP contribution in [0.25, 0.3) is 0 Å². The summed E-state index contributed by atoms with van der Waals surface area (Å²) in [4.78, 5) is 22.9. The zero-order chi connectivity index (χ0) is 13.0. The third-order valence-corrected chi connectivity index (χ3v) is 3.09. The van der Waals surface area contributed by atoms with Crippen LogP contribution in [0.3, 0.4) is 0 Å². The number of anilines is 2. The Morgan fingerprint density at radius 1 is 1.44 bits per heavy atom. The molecule has 0 radical (unpaired) electrons. The fraction of sp³-hybridized carbons (Fsp3) is 0.167. The average Bonchev–Trinajstić information content (AvgIpc) is 2.72. The predicted molar refractivity (Wildman–Crippen MR) is 72.7 cm³/mol.